The van der Waals surface area contributed by atoms with Crippen molar-refractivity contribution in [2.24, 2.45) is 0 Å². The molecule has 7 nitrogen and oxygen atoms in total. The lowest BCUT2D eigenvalue weighted by molar-refractivity contribution is -0.113. The van der Waals surface area contributed by atoms with E-state index in [1.165, 1.54) is 12.1 Å². The SMILES string of the molecule is CS(=O)(=O)c1cccc(Oc2ccc(NC(=O)CS(=O)(=O)CCCc3ccccc3)cc2)c1. The van der Waals surface area contributed by atoms with Crippen molar-refractivity contribution < 1.29 is 26.4 Å². The van der Waals surface area contributed by atoms with Gasteiger partial charge in [-0.25, -0.2) is 16.8 Å². The second-order valence-corrected chi connectivity index (χ2v) is 11.8. The predicted octanol–water partition coefficient (Wildman–Crippen LogP) is 3.87. The molecular weight excluding hydrogens is 462 g/mol. The molecule has 0 aliphatic carbocycles. The van der Waals surface area contributed by atoms with Crippen LogP contribution in [-0.4, -0.2) is 40.5 Å². The molecule has 0 saturated carbocycles. The largest absolute Gasteiger partial charge is 0.457 e. The van der Waals surface area contributed by atoms with E-state index in [1.807, 2.05) is 30.3 Å². The molecule has 0 aromatic heterocycles. The van der Waals surface area contributed by atoms with Crippen molar-refractivity contribution >= 4 is 31.3 Å². The lowest BCUT2D eigenvalue weighted by Crippen LogP contribution is -2.24. The Balaban J connectivity index is 1.51. The maximum Gasteiger partial charge on any atom is 0.239 e. The van der Waals surface area contributed by atoms with Crippen LogP contribution in [0.5, 0.6) is 11.5 Å². The maximum atomic E-state index is 12.3. The normalized spacial score (nSPS) is 11.7. The number of carbonyl (C=O) groups excluding carboxylic acids is 1. The first-order valence-corrected chi connectivity index (χ1v) is 13.9. The molecule has 9 heteroatoms. The van der Waals surface area contributed by atoms with Gasteiger partial charge in [-0.15, -0.1) is 0 Å². The lowest BCUT2D eigenvalue weighted by atomic mass is 10.1. The number of anilines is 1. The van der Waals surface area contributed by atoms with Gasteiger partial charge in [0.1, 0.15) is 17.3 Å². The molecule has 3 rings (SSSR count). The van der Waals surface area contributed by atoms with Crippen LogP contribution in [0.1, 0.15) is 12.0 Å². The summed E-state index contributed by atoms with van der Waals surface area (Å²) in [6.45, 7) is 0. The molecule has 3 aromatic rings. The average Bonchev–Trinajstić information content (AvgIpc) is 2.75. The first-order valence-electron chi connectivity index (χ1n) is 10.2. The van der Waals surface area contributed by atoms with Crippen molar-refractivity contribution in [2.75, 3.05) is 23.1 Å². The van der Waals surface area contributed by atoms with E-state index in [1.54, 1.807) is 36.4 Å². The third-order valence-electron chi connectivity index (χ3n) is 4.72. The summed E-state index contributed by atoms with van der Waals surface area (Å²) in [6.07, 6.45) is 2.20. The molecule has 0 fully saturated rings. The van der Waals surface area contributed by atoms with Crippen molar-refractivity contribution in [3.8, 4) is 11.5 Å². The van der Waals surface area contributed by atoms with Gasteiger partial charge in [-0.3, -0.25) is 4.79 Å². The van der Waals surface area contributed by atoms with Crippen molar-refractivity contribution in [3.63, 3.8) is 0 Å². The van der Waals surface area contributed by atoms with Crippen LogP contribution in [0.4, 0.5) is 5.69 Å². The highest BCUT2D eigenvalue weighted by Gasteiger charge is 2.17. The summed E-state index contributed by atoms with van der Waals surface area (Å²) in [6, 6.07) is 22.1. The van der Waals surface area contributed by atoms with E-state index < -0.39 is 31.3 Å². The van der Waals surface area contributed by atoms with E-state index in [-0.39, 0.29) is 10.6 Å². The molecule has 0 atom stereocenters. The van der Waals surface area contributed by atoms with Crippen molar-refractivity contribution in [1.82, 2.24) is 0 Å². The summed E-state index contributed by atoms with van der Waals surface area (Å²) in [4.78, 5) is 12.3. The maximum absolute atomic E-state index is 12.3. The zero-order chi connectivity index (χ0) is 23.9. The lowest BCUT2D eigenvalue weighted by Gasteiger charge is -2.09. The average molecular weight is 488 g/mol. The number of nitrogens with one attached hydrogen (secondary N) is 1. The number of aryl methyl sites for hydroxylation is 1. The zero-order valence-corrected chi connectivity index (χ0v) is 19.7. The van der Waals surface area contributed by atoms with E-state index >= 15 is 0 Å². The second kappa shape index (κ2) is 10.6. The summed E-state index contributed by atoms with van der Waals surface area (Å²) >= 11 is 0. The number of rotatable bonds is 10. The number of ether oxygens (including phenoxy) is 1. The molecule has 174 valence electrons. The Kier molecular flexibility index (Phi) is 7.88. The summed E-state index contributed by atoms with van der Waals surface area (Å²) < 4.78 is 53.5. The van der Waals surface area contributed by atoms with Gasteiger partial charge in [-0.2, -0.15) is 0 Å². The molecule has 33 heavy (non-hydrogen) atoms. The van der Waals surface area contributed by atoms with Gasteiger partial charge in [-0.1, -0.05) is 36.4 Å². The number of hydrogen-bond donors (Lipinski definition) is 1. The van der Waals surface area contributed by atoms with Crippen LogP contribution in [-0.2, 0) is 30.9 Å². The summed E-state index contributed by atoms with van der Waals surface area (Å²) in [5, 5.41) is 2.57. The molecule has 0 radical (unpaired) electrons. The van der Waals surface area contributed by atoms with Crippen LogP contribution < -0.4 is 10.1 Å². The van der Waals surface area contributed by atoms with Crippen LogP contribution in [0.25, 0.3) is 0 Å². The molecule has 0 bridgehead atoms. The van der Waals surface area contributed by atoms with Crippen molar-refractivity contribution in [3.05, 3.63) is 84.4 Å². The predicted molar refractivity (Wildman–Crippen MR) is 128 cm³/mol. The monoisotopic (exact) mass is 487 g/mol. The van der Waals surface area contributed by atoms with Crippen LogP contribution >= 0.6 is 0 Å². The fraction of sp³-hybridized carbons (Fsp3) is 0.208. The summed E-state index contributed by atoms with van der Waals surface area (Å²) in [5.74, 6) is -0.458. The highest BCUT2D eigenvalue weighted by Crippen LogP contribution is 2.25. The summed E-state index contributed by atoms with van der Waals surface area (Å²) in [5.41, 5.74) is 1.49. The van der Waals surface area contributed by atoms with E-state index in [9.17, 15) is 21.6 Å². The number of carbonyl (C=O) groups is 1. The first-order chi connectivity index (χ1) is 15.6. The Bertz CT molecular complexity index is 1300. The molecule has 0 aliphatic heterocycles. The molecule has 0 unspecified atom stereocenters. The fourth-order valence-corrected chi connectivity index (χ4v) is 4.98. The third kappa shape index (κ3) is 8.03. The van der Waals surface area contributed by atoms with Gasteiger partial charge in [0.05, 0.1) is 10.6 Å². The molecule has 3 aromatic carbocycles. The van der Waals surface area contributed by atoms with Gasteiger partial charge in [-0.05, 0) is 60.9 Å². The fourth-order valence-electron chi connectivity index (χ4n) is 3.12. The van der Waals surface area contributed by atoms with Gasteiger partial charge >= 0.3 is 0 Å². The van der Waals surface area contributed by atoms with E-state index in [2.05, 4.69) is 5.32 Å². The molecule has 0 heterocycles. The number of benzene rings is 3. The minimum absolute atomic E-state index is 0.0609. The topological polar surface area (TPSA) is 107 Å². The molecule has 0 aliphatic rings. The minimum Gasteiger partial charge on any atom is -0.457 e. The zero-order valence-electron chi connectivity index (χ0n) is 18.1. The third-order valence-corrected chi connectivity index (χ3v) is 7.44. The van der Waals surface area contributed by atoms with Crippen LogP contribution in [0, 0.1) is 0 Å². The number of sulfone groups is 2. The van der Waals surface area contributed by atoms with Crippen LogP contribution in [0.15, 0.2) is 83.8 Å². The quantitative estimate of drug-likeness (QED) is 0.465. The van der Waals surface area contributed by atoms with Gasteiger partial charge in [0.15, 0.2) is 19.7 Å². The van der Waals surface area contributed by atoms with E-state index in [0.29, 0.717) is 30.0 Å². The first kappa shape index (κ1) is 24.5. The number of amides is 1. The molecule has 0 spiro atoms. The molecular formula is C24H25NO6S2. The van der Waals surface area contributed by atoms with Crippen LogP contribution in [0.2, 0.25) is 0 Å². The van der Waals surface area contributed by atoms with Gasteiger partial charge in [0, 0.05) is 11.9 Å². The molecule has 0 saturated heterocycles. The van der Waals surface area contributed by atoms with E-state index in [0.717, 1.165) is 11.8 Å². The highest BCUT2D eigenvalue weighted by atomic mass is 32.2. The Hall–Kier alpha value is -3.17. The Morgan fingerprint density at radius 1 is 0.848 bits per heavy atom. The Morgan fingerprint density at radius 2 is 1.55 bits per heavy atom. The van der Waals surface area contributed by atoms with E-state index in [4.69, 9.17) is 4.74 Å². The van der Waals surface area contributed by atoms with Gasteiger partial charge < -0.3 is 10.1 Å². The van der Waals surface area contributed by atoms with Gasteiger partial charge in [0.25, 0.3) is 0 Å². The molecule has 1 amide bonds. The minimum atomic E-state index is -3.52. The van der Waals surface area contributed by atoms with Crippen LogP contribution in [0.3, 0.4) is 0 Å². The van der Waals surface area contributed by atoms with Gasteiger partial charge in [0.2, 0.25) is 5.91 Å². The molecule has 1 N–H and O–H groups in total. The smallest absolute Gasteiger partial charge is 0.239 e. The number of hydrogen-bond acceptors (Lipinski definition) is 6. The Morgan fingerprint density at radius 3 is 2.21 bits per heavy atom. The van der Waals surface area contributed by atoms with Crippen molar-refractivity contribution in [2.45, 2.75) is 17.7 Å². The Labute approximate surface area is 194 Å². The standard InChI is InChI=1S/C24H25NO6S2/c1-32(27,28)23-11-5-10-22(17-23)31-21-14-12-20(13-15-21)25-24(26)18-33(29,30)16-6-9-19-7-3-2-4-8-19/h2-5,7-8,10-15,17H,6,9,16,18H2,1H3,(H,25,26). The van der Waals surface area contributed by atoms with Crippen molar-refractivity contribution in [1.29, 1.82) is 0 Å². The second-order valence-electron chi connectivity index (χ2n) is 7.60. The highest BCUT2D eigenvalue weighted by molar-refractivity contribution is 7.92. The summed E-state index contributed by atoms with van der Waals surface area (Å²) in [7, 11) is -6.87.